The van der Waals surface area contributed by atoms with Crippen LogP contribution in [0.4, 0.5) is 0 Å². The van der Waals surface area contributed by atoms with E-state index in [1.54, 1.807) is 7.11 Å². The van der Waals surface area contributed by atoms with Gasteiger partial charge in [-0.25, -0.2) is 0 Å². The molecule has 92 valence electrons. The van der Waals surface area contributed by atoms with Gasteiger partial charge in [0.25, 0.3) is 0 Å². The molecule has 3 nitrogen and oxygen atoms in total. The predicted octanol–water partition coefficient (Wildman–Crippen LogP) is 1.87. The molecule has 0 bridgehead atoms. The molecule has 0 spiro atoms. The Hall–Kier alpha value is -1.50. The fourth-order valence-corrected chi connectivity index (χ4v) is 1.70. The molecule has 0 aliphatic rings. The third-order valence-corrected chi connectivity index (χ3v) is 2.81. The second-order valence-corrected chi connectivity index (χ2v) is 3.99. The zero-order valence-electron chi connectivity index (χ0n) is 10.3. The highest BCUT2D eigenvalue weighted by atomic mass is 16.5. The van der Waals surface area contributed by atoms with Crippen molar-refractivity contribution >= 4 is 0 Å². The first kappa shape index (κ1) is 13.6. The third-order valence-electron chi connectivity index (χ3n) is 2.81. The quantitative estimate of drug-likeness (QED) is 0.428. The van der Waals surface area contributed by atoms with Gasteiger partial charge in [0.15, 0.2) is 0 Å². The van der Waals surface area contributed by atoms with Crippen molar-refractivity contribution < 1.29 is 4.74 Å². The van der Waals surface area contributed by atoms with Gasteiger partial charge >= 0.3 is 0 Å². The molecule has 3 heteroatoms. The van der Waals surface area contributed by atoms with Crippen LogP contribution in [0.1, 0.15) is 24.8 Å². The van der Waals surface area contributed by atoms with Crippen LogP contribution in [-0.4, -0.2) is 13.2 Å². The maximum Gasteiger partial charge on any atom is 0.118 e. The van der Waals surface area contributed by atoms with Crippen LogP contribution >= 0.6 is 0 Å². The molecule has 0 heterocycles. The molecule has 1 aromatic rings. The molecule has 0 radical (unpaired) electrons. The van der Waals surface area contributed by atoms with E-state index in [0.29, 0.717) is 0 Å². The van der Waals surface area contributed by atoms with Crippen molar-refractivity contribution in [3.8, 4) is 18.1 Å². The van der Waals surface area contributed by atoms with Crippen LogP contribution in [0.5, 0.6) is 5.75 Å². The normalized spacial score (nSPS) is 11.8. The summed E-state index contributed by atoms with van der Waals surface area (Å²) in [6, 6.07) is 8.39. The van der Waals surface area contributed by atoms with Gasteiger partial charge < -0.3 is 4.74 Å². The number of hydrogen-bond donors (Lipinski definition) is 2. The lowest BCUT2D eigenvalue weighted by Gasteiger charge is -2.14. The van der Waals surface area contributed by atoms with Gasteiger partial charge in [-0.15, -0.1) is 12.3 Å². The van der Waals surface area contributed by atoms with Crippen molar-refractivity contribution in [3.63, 3.8) is 0 Å². The van der Waals surface area contributed by atoms with Gasteiger partial charge in [-0.1, -0.05) is 12.1 Å². The van der Waals surface area contributed by atoms with Crippen LogP contribution in [-0.2, 0) is 6.42 Å². The topological polar surface area (TPSA) is 47.3 Å². The van der Waals surface area contributed by atoms with Crippen molar-refractivity contribution in [3.05, 3.63) is 29.8 Å². The number of terminal acetylenes is 1. The molecule has 0 amide bonds. The predicted molar refractivity (Wildman–Crippen MR) is 70.5 cm³/mol. The summed E-state index contributed by atoms with van der Waals surface area (Å²) in [4.78, 5) is 0. The van der Waals surface area contributed by atoms with E-state index in [-0.39, 0.29) is 6.04 Å². The first-order chi connectivity index (χ1) is 8.30. The molecule has 0 saturated carbocycles. The summed E-state index contributed by atoms with van der Waals surface area (Å²) < 4.78 is 5.11. The molecular formula is C14H20N2O. The highest BCUT2D eigenvalue weighted by Gasteiger charge is 2.05. The van der Waals surface area contributed by atoms with Gasteiger partial charge in [0.05, 0.1) is 7.11 Å². The van der Waals surface area contributed by atoms with E-state index in [1.165, 1.54) is 5.56 Å². The summed E-state index contributed by atoms with van der Waals surface area (Å²) in [5.41, 5.74) is 4.09. The Morgan fingerprint density at radius 3 is 2.59 bits per heavy atom. The van der Waals surface area contributed by atoms with Gasteiger partial charge in [-0.05, 0) is 37.0 Å². The van der Waals surface area contributed by atoms with Gasteiger partial charge in [-0.3, -0.25) is 11.3 Å². The molecule has 1 atom stereocenters. The van der Waals surface area contributed by atoms with Gasteiger partial charge in [0, 0.05) is 12.5 Å². The lowest BCUT2D eigenvalue weighted by atomic mass is 10.0. The molecule has 0 fully saturated rings. The van der Waals surface area contributed by atoms with Crippen LogP contribution in [0, 0.1) is 12.3 Å². The van der Waals surface area contributed by atoms with Gasteiger partial charge in [0.1, 0.15) is 5.75 Å². The zero-order chi connectivity index (χ0) is 12.5. The number of aryl methyl sites for hydroxylation is 1. The summed E-state index contributed by atoms with van der Waals surface area (Å²) in [6.07, 6.45) is 8.90. The number of methoxy groups -OCH3 is 1. The fraction of sp³-hybridized carbons (Fsp3) is 0.429. The first-order valence-electron chi connectivity index (χ1n) is 5.82. The molecule has 3 N–H and O–H groups in total. The summed E-state index contributed by atoms with van der Waals surface area (Å²) in [6.45, 7) is 0. The molecule has 0 aliphatic heterocycles. The molecule has 1 unspecified atom stereocenters. The third kappa shape index (κ3) is 4.90. The van der Waals surface area contributed by atoms with E-state index in [9.17, 15) is 0 Å². The Morgan fingerprint density at radius 2 is 2.06 bits per heavy atom. The van der Waals surface area contributed by atoms with E-state index in [4.69, 9.17) is 17.0 Å². The largest absolute Gasteiger partial charge is 0.497 e. The van der Waals surface area contributed by atoms with Crippen LogP contribution in [0.2, 0.25) is 0 Å². The van der Waals surface area contributed by atoms with E-state index >= 15 is 0 Å². The number of hydrazine groups is 1. The Balaban J connectivity index is 2.40. The van der Waals surface area contributed by atoms with Crippen molar-refractivity contribution in [2.24, 2.45) is 5.84 Å². The average Bonchev–Trinajstić information content (AvgIpc) is 2.39. The number of ether oxygens (including phenoxy) is 1. The van der Waals surface area contributed by atoms with E-state index in [0.717, 1.165) is 31.4 Å². The summed E-state index contributed by atoms with van der Waals surface area (Å²) in [5, 5.41) is 0. The number of benzene rings is 1. The van der Waals surface area contributed by atoms with Crippen molar-refractivity contribution in [1.82, 2.24) is 5.43 Å². The monoisotopic (exact) mass is 232 g/mol. The van der Waals surface area contributed by atoms with E-state index in [2.05, 4.69) is 23.5 Å². The molecule has 0 aromatic heterocycles. The second-order valence-electron chi connectivity index (χ2n) is 3.99. The Morgan fingerprint density at radius 1 is 1.35 bits per heavy atom. The van der Waals surface area contributed by atoms with E-state index < -0.39 is 0 Å². The summed E-state index contributed by atoms with van der Waals surface area (Å²) in [7, 11) is 1.67. The molecule has 0 aliphatic carbocycles. The minimum absolute atomic E-state index is 0.285. The molecule has 1 rings (SSSR count). The highest BCUT2D eigenvalue weighted by Crippen LogP contribution is 2.14. The lowest BCUT2D eigenvalue weighted by Crippen LogP contribution is -2.35. The number of nitrogens with one attached hydrogen (secondary N) is 1. The zero-order valence-corrected chi connectivity index (χ0v) is 10.3. The Kier molecular flexibility index (Phi) is 6.16. The fourth-order valence-electron chi connectivity index (χ4n) is 1.70. The van der Waals surface area contributed by atoms with Crippen molar-refractivity contribution in [2.75, 3.05) is 7.11 Å². The smallest absolute Gasteiger partial charge is 0.118 e. The second kappa shape index (κ2) is 7.72. The Labute approximate surface area is 103 Å². The van der Waals surface area contributed by atoms with Gasteiger partial charge in [0.2, 0.25) is 0 Å². The van der Waals surface area contributed by atoms with Crippen molar-refractivity contribution in [1.29, 1.82) is 0 Å². The maximum absolute atomic E-state index is 5.48. The highest BCUT2D eigenvalue weighted by molar-refractivity contribution is 5.27. The van der Waals surface area contributed by atoms with Gasteiger partial charge in [-0.2, -0.15) is 0 Å². The maximum atomic E-state index is 5.48. The van der Waals surface area contributed by atoms with Crippen molar-refractivity contribution in [2.45, 2.75) is 31.7 Å². The minimum Gasteiger partial charge on any atom is -0.497 e. The minimum atomic E-state index is 0.285. The summed E-state index contributed by atoms with van der Waals surface area (Å²) in [5.74, 6) is 9.00. The average molecular weight is 232 g/mol. The van der Waals surface area contributed by atoms with Crippen LogP contribution < -0.4 is 16.0 Å². The SMILES string of the molecule is C#CCCC(CCc1ccc(OC)cc1)NN. The standard InChI is InChI=1S/C14H20N2O/c1-3-4-5-13(16-15)9-6-12-7-10-14(17-2)11-8-12/h1,7-8,10-11,13,16H,4-6,9,15H2,2H3. The van der Waals surface area contributed by atoms with E-state index in [1.807, 2.05) is 12.1 Å². The van der Waals surface area contributed by atoms with Crippen LogP contribution in [0.25, 0.3) is 0 Å². The first-order valence-corrected chi connectivity index (χ1v) is 5.82. The molecule has 17 heavy (non-hydrogen) atoms. The Bertz CT molecular complexity index is 353. The number of rotatable bonds is 7. The molecular weight excluding hydrogens is 212 g/mol. The molecule has 1 aromatic carbocycles. The molecule has 0 saturated heterocycles. The lowest BCUT2D eigenvalue weighted by molar-refractivity contribution is 0.414. The van der Waals surface area contributed by atoms with Crippen LogP contribution in [0.15, 0.2) is 24.3 Å². The summed E-state index contributed by atoms with van der Waals surface area (Å²) >= 11 is 0. The number of hydrogen-bond acceptors (Lipinski definition) is 3. The number of nitrogens with two attached hydrogens (primary N) is 1. The van der Waals surface area contributed by atoms with Crippen LogP contribution in [0.3, 0.4) is 0 Å².